The van der Waals surface area contributed by atoms with Crippen molar-refractivity contribution in [2.75, 3.05) is 0 Å². The molecule has 0 bridgehead atoms. The van der Waals surface area contributed by atoms with Gasteiger partial charge in [-0.15, -0.1) is 11.3 Å². The summed E-state index contributed by atoms with van der Waals surface area (Å²) < 4.78 is 16.1. The van der Waals surface area contributed by atoms with E-state index >= 15 is 0 Å². The molecule has 0 amide bonds. The van der Waals surface area contributed by atoms with Crippen molar-refractivity contribution < 1.29 is 18.5 Å². The standard InChI is InChI=1S/C22H20N2O5S/c1-3-14-11-15-13(2)10-21(26)28-17(15)12-16(14)27-20(25)8-4-7-19-23-22(24-29-19)18-6-5-9-30-18/h5-6,9-12H,3-4,7-8H2,1-2H3. The van der Waals surface area contributed by atoms with Gasteiger partial charge in [0.1, 0.15) is 11.3 Å². The van der Waals surface area contributed by atoms with Gasteiger partial charge in [0.15, 0.2) is 0 Å². The Balaban J connectivity index is 1.40. The molecule has 0 saturated carbocycles. The molecule has 4 rings (SSSR count). The molecule has 3 aromatic heterocycles. The van der Waals surface area contributed by atoms with Gasteiger partial charge >= 0.3 is 11.6 Å². The van der Waals surface area contributed by atoms with Crippen LogP contribution < -0.4 is 10.4 Å². The second-order valence-electron chi connectivity index (χ2n) is 6.87. The molecule has 8 heteroatoms. The molecule has 0 radical (unpaired) electrons. The summed E-state index contributed by atoms with van der Waals surface area (Å²) in [5, 5.41) is 6.75. The van der Waals surface area contributed by atoms with E-state index in [1.54, 1.807) is 6.07 Å². The second kappa shape index (κ2) is 8.62. The fraction of sp³-hybridized carbons (Fsp3) is 0.273. The van der Waals surface area contributed by atoms with Crippen LogP contribution in [0.15, 0.2) is 49.4 Å². The molecule has 0 fully saturated rings. The van der Waals surface area contributed by atoms with Crippen LogP contribution in [0.5, 0.6) is 5.75 Å². The Bertz CT molecular complexity index is 1240. The molecule has 0 atom stereocenters. The third-order valence-corrected chi connectivity index (χ3v) is 5.58. The minimum Gasteiger partial charge on any atom is -0.426 e. The Hall–Kier alpha value is -3.26. The maximum absolute atomic E-state index is 12.4. The fourth-order valence-electron chi connectivity index (χ4n) is 3.18. The van der Waals surface area contributed by atoms with Crippen molar-refractivity contribution in [1.82, 2.24) is 10.1 Å². The first-order valence-corrected chi connectivity index (χ1v) is 10.6. The van der Waals surface area contributed by atoms with E-state index < -0.39 is 5.63 Å². The summed E-state index contributed by atoms with van der Waals surface area (Å²) in [5.41, 5.74) is 1.69. The average Bonchev–Trinajstić information content (AvgIpc) is 3.39. The molecule has 0 unspecified atom stereocenters. The zero-order chi connectivity index (χ0) is 21.1. The lowest BCUT2D eigenvalue weighted by atomic mass is 10.1. The third kappa shape index (κ3) is 4.33. The normalized spacial score (nSPS) is 11.1. The zero-order valence-corrected chi connectivity index (χ0v) is 17.5. The molecule has 4 aromatic rings. The summed E-state index contributed by atoms with van der Waals surface area (Å²) in [6.45, 7) is 3.83. The van der Waals surface area contributed by atoms with E-state index in [-0.39, 0.29) is 12.4 Å². The van der Waals surface area contributed by atoms with E-state index in [0.29, 0.717) is 42.3 Å². The lowest BCUT2D eigenvalue weighted by Crippen LogP contribution is -2.10. The van der Waals surface area contributed by atoms with Crippen LogP contribution in [-0.4, -0.2) is 16.1 Å². The Labute approximate surface area is 176 Å². The van der Waals surface area contributed by atoms with Crippen molar-refractivity contribution in [2.24, 2.45) is 0 Å². The number of ether oxygens (including phenoxy) is 1. The van der Waals surface area contributed by atoms with E-state index in [2.05, 4.69) is 10.1 Å². The van der Waals surface area contributed by atoms with Crippen molar-refractivity contribution >= 4 is 28.3 Å². The number of carbonyl (C=O) groups is 1. The van der Waals surface area contributed by atoms with Gasteiger partial charge in [0.2, 0.25) is 11.7 Å². The highest BCUT2D eigenvalue weighted by molar-refractivity contribution is 7.13. The lowest BCUT2D eigenvalue weighted by molar-refractivity contribution is -0.134. The van der Waals surface area contributed by atoms with Gasteiger partial charge in [-0.2, -0.15) is 4.98 Å². The number of aromatic nitrogens is 2. The molecule has 0 N–H and O–H groups in total. The first kappa shape index (κ1) is 20.0. The van der Waals surface area contributed by atoms with E-state index in [4.69, 9.17) is 13.7 Å². The van der Waals surface area contributed by atoms with E-state index in [9.17, 15) is 9.59 Å². The molecule has 0 saturated heterocycles. The Morgan fingerprint density at radius 3 is 2.90 bits per heavy atom. The number of esters is 1. The van der Waals surface area contributed by atoms with Crippen LogP contribution in [0, 0.1) is 6.92 Å². The summed E-state index contributed by atoms with van der Waals surface area (Å²) >= 11 is 1.54. The molecule has 0 aliphatic rings. The van der Waals surface area contributed by atoms with Crippen LogP contribution in [0.2, 0.25) is 0 Å². The summed E-state index contributed by atoms with van der Waals surface area (Å²) in [6.07, 6.45) is 1.90. The largest absolute Gasteiger partial charge is 0.426 e. The zero-order valence-electron chi connectivity index (χ0n) is 16.6. The Morgan fingerprint density at radius 2 is 2.13 bits per heavy atom. The summed E-state index contributed by atoms with van der Waals surface area (Å²) in [6, 6.07) is 8.83. The van der Waals surface area contributed by atoms with Gasteiger partial charge in [0.25, 0.3) is 0 Å². The first-order chi connectivity index (χ1) is 14.5. The third-order valence-electron chi connectivity index (χ3n) is 4.72. The smallest absolute Gasteiger partial charge is 0.336 e. The number of nitrogens with zero attached hydrogens (tertiary/aromatic N) is 2. The number of thiophene rings is 1. The minimum absolute atomic E-state index is 0.204. The van der Waals surface area contributed by atoms with Crippen molar-refractivity contribution in [3.63, 3.8) is 0 Å². The molecule has 7 nitrogen and oxygen atoms in total. The second-order valence-corrected chi connectivity index (χ2v) is 7.82. The Kier molecular flexibility index (Phi) is 5.76. The lowest BCUT2D eigenvalue weighted by Gasteiger charge is -2.11. The molecule has 0 aliphatic heterocycles. The van der Waals surface area contributed by atoms with Gasteiger partial charge in [-0.05, 0) is 48.4 Å². The van der Waals surface area contributed by atoms with Crippen molar-refractivity contribution in [1.29, 1.82) is 0 Å². The van der Waals surface area contributed by atoms with E-state index in [0.717, 1.165) is 21.4 Å². The van der Waals surface area contributed by atoms with Crippen LogP contribution in [0.3, 0.4) is 0 Å². The van der Waals surface area contributed by atoms with Crippen LogP contribution in [0.4, 0.5) is 0 Å². The molecule has 30 heavy (non-hydrogen) atoms. The summed E-state index contributed by atoms with van der Waals surface area (Å²) in [4.78, 5) is 29.3. The number of fused-ring (bicyclic) bond motifs is 1. The molecule has 3 heterocycles. The molecular formula is C22H20N2O5S. The van der Waals surface area contributed by atoms with Gasteiger partial charge in [-0.3, -0.25) is 4.79 Å². The SMILES string of the molecule is CCc1cc2c(C)cc(=O)oc2cc1OC(=O)CCCc1nc(-c2cccs2)no1. The first-order valence-electron chi connectivity index (χ1n) is 9.68. The number of hydrogen-bond donors (Lipinski definition) is 0. The highest BCUT2D eigenvalue weighted by Crippen LogP contribution is 2.28. The summed E-state index contributed by atoms with van der Waals surface area (Å²) in [7, 11) is 0. The van der Waals surface area contributed by atoms with E-state index in [1.165, 1.54) is 17.4 Å². The van der Waals surface area contributed by atoms with Crippen LogP contribution in [0.25, 0.3) is 21.7 Å². The summed E-state index contributed by atoms with van der Waals surface area (Å²) in [5.74, 6) is 1.10. The number of benzene rings is 1. The van der Waals surface area contributed by atoms with Crippen molar-refractivity contribution in [2.45, 2.75) is 39.5 Å². The van der Waals surface area contributed by atoms with Gasteiger partial charge in [-0.25, -0.2) is 4.79 Å². The monoisotopic (exact) mass is 424 g/mol. The molecule has 1 aromatic carbocycles. The van der Waals surface area contributed by atoms with Crippen molar-refractivity contribution in [3.8, 4) is 16.5 Å². The molecule has 0 aliphatic carbocycles. The average molecular weight is 424 g/mol. The van der Waals surface area contributed by atoms with Crippen LogP contribution in [-0.2, 0) is 17.6 Å². The number of hydrogen-bond acceptors (Lipinski definition) is 8. The Morgan fingerprint density at radius 1 is 1.27 bits per heavy atom. The van der Waals surface area contributed by atoms with Gasteiger partial charge < -0.3 is 13.7 Å². The minimum atomic E-state index is -0.428. The van der Waals surface area contributed by atoms with Gasteiger partial charge in [0.05, 0.1) is 4.88 Å². The van der Waals surface area contributed by atoms with Gasteiger partial charge in [0, 0.05) is 30.4 Å². The molecule has 154 valence electrons. The molecule has 0 spiro atoms. The van der Waals surface area contributed by atoms with Crippen LogP contribution >= 0.6 is 11.3 Å². The molecular weight excluding hydrogens is 404 g/mol. The maximum atomic E-state index is 12.4. The number of aryl methyl sites for hydroxylation is 3. The number of carbonyl (C=O) groups excluding carboxylic acids is 1. The highest BCUT2D eigenvalue weighted by atomic mass is 32.1. The van der Waals surface area contributed by atoms with Crippen LogP contribution in [0.1, 0.15) is 36.8 Å². The maximum Gasteiger partial charge on any atom is 0.336 e. The quantitative estimate of drug-likeness (QED) is 0.241. The van der Waals surface area contributed by atoms with Gasteiger partial charge in [-0.1, -0.05) is 18.1 Å². The fourth-order valence-corrected chi connectivity index (χ4v) is 3.83. The van der Waals surface area contributed by atoms with E-state index in [1.807, 2.05) is 37.4 Å². The topological polar surface area (TPSA) is 95.4 Å². The predicted molar refractivity (Wildman–Crippen MR) is 113 cm³/mol. The number of rotatable bonds is 7. The highest BCUT2D eigenvalue weighted by Gasteiger charge is 2.14. The predicted octanol–water partition coefficient (Wildman–Crippen LogP) is 4.70. The van der Waals surface area contributed by atoms with Crippen molar-refractivity contribution in [3.05, 3.63) is 63.1 Å².